The Hall–Kier alpha value is -2.64. The van der Waals surface area contributed by atoms with Crippen molar-refractivity contribution >= 4 is 34.9 Å². The number of benzene rings is 2. The predicted molar refractivity (Wildman–Crippen MR) is 114 cm³/mol. The molecule has 1 aromatic heterocycles. The molecule has 3 rings (SSSR count). The minimum absolute atomic E-state index is 0.260. The molecule has 3 aromatic rings. The summed E-state index contributed by atoms with van der Waals surface area (Å²) in [6.07, 6.45) is 0. The van der Waals surface area contributed by atoms with E-state index in [1.54, 1.807) is 13.8 Å². The molecule has 0 aliphatic heterocycles. The number of nitrogens with zero attached hydrogens (tertiary/aromatic N) is 1. The maximum absolute atomic E-state index is 12.5. The lowest BCUT2D eigenvalue weighted by molar-refractivity contribution is -0.121. The Labute approximate surface area is 172 Å². The molecular weight excluding hydrogens is 390 g/mol. The van der Waals surface area contributed by atoms with E-state index in [0.29, 0.717) is 10.6 Å². The van der Waals surface area contributed by atoms with Crippen LogP contribution in [0.2, 0.25) is 0 Å². The normalized spacial score (nSPS) is 11.7. The molecule has 0 radical (unpaired) electrons. The zero-order valence-corrected chi connectivity index (χ0v) is 17.5. The SMILES string of the molecule is Cc1ccc(S[C@H](C)C(=O)NNC(=O)c2sc(-c3ccccc3)nc2C)cc1. The molecular formula is C21H21N3O2S2. The molecule has 2 aromatic carbocycles. The number of thiazole rings is 1. The summed E-state index contributed by atoms with van der Waals surface area (Å²) < 4.78 is 0. The van der Waals surface area contributed by atoms with Crippen LogP contribution in [0, 0.1) is 13.8 Å². The number of hydrazine groups is 1. The molecule has 0 aliphatic rings. The summed E-state index contributed by atoms with van der Waals surface area (Å²) in [7, 11) is 0. The van der Waals surface area contributed by atoms with Crippen LogP contribution in [0.25, 0.3) is 10.6 Å². The molecule has 0 saturated carbocycles. The first-order chi connectivity index (χ1) is 13.4. The van der Waals surface area contributed by atoms with Crippen LogP contribution in [0.1, 0.15) is 27.9 Å². The summed E-state index contributed by atoms with van der Waals surface area (Å²) in [4.78, 5) is 30.7. The second-order valence-corrected chi connectivity index (χ2v) is 8.73. The molecule has 28 heavy (non-hydrogen) atoms. The van der Waals surface area contributed by atoms with Crippen molar-refractivity contribution in [3.8, 4) is 10.6 Å². The molecule has 0 saturated heterocycles. The Bertz CT molecular complexity index is 969. The van der Waals surface area contributed by atoms with Crippen LogP contribution in [0.3, 0.4) is 0 Å². The highest BCUT2D eigenvalue weighted by Gasteiger charge is 2.19. The van der Waals surface area contributed by atoms with E-state index in [0.717, 1.165) is 15.5 Å². The van der Waals surface area contributed by atoms with Crippen molar-refractivity contribution in [3.05, 3.63) is 70.7 Å². The first-order valence-corrected chi connectivity index (χ1v) is 10.5. The summed E-state index contributed by atoms with van der Waals surface area (Å²) in [6, 6.07) is 17.7. The van der Waals surface area contributed by atoms with Crippen molar-refractivity contribution in [1.29, 1.82) is 0 Å². The van der Waals surface area contributed by atoms with Gasteiger partial charge in [-0.25, -0.2) is 4.98 Å². The van der Waals surface area contributed by atoms with E-state index in [1.807, 2.05) is 61.5 Å². The van der Waals surface area contributed by atoms with Crippen LogP contribution in [0.4, 0.5) is 0 Å². The van der Waals surface area contributed by atoms with Crippen LogP contribution in [-0.4, -0.2) is 22.0 Å². The molecule has 0 fully saturated rings. The number of rotatable bonds is 5. The number of hydrogen-bond acceptors (Lipinski definition) is 5. The van der Waals surface area contributed by atoms with E-state index in [9.17, 15) is 9.59 Å². The van der Waals surface area contributed by atoms with Gasteiger partial charge < -0.3 is 0 Å². The highest BCUT2D eigenvalue weighted by atomic mass is 32.2. The lowest BCUT2D eigenvalue weighted by Crippen LogP contribution is -2.44. The van der Waals surface area contributed by atoms with Crippen molar-refractivity contribution in [1.82, 2.24) is 15.8 Å². The van der Waals surface area contributed by atoms with Crippen molar-refractivity contribution in [2.45, 2.75) is 30.9 Å². The van der Waals surface area contributed by atoms with Gasteiger partial charge in [-0.1, -0.05) is 48.0 Å². The van der Waals surface area contributed by atoms with Crippen LogP contribution >= 0.6 is 23.1 Å². The Morgan fingerprint density at radius 3 is 2.36 bits per heavy atom. The minimum Gasteiger partial charge on any atom is -0.272 e. The standard InChI is InChI=1S/C21H21N3O2S2/c1-13-9-11-17(12-10-13)27-15(3)19(25)23-24-20(26)18-14(2)22-21(28-18)16-7-5-4-6-8-16/h4-12,15H,1-3H3,(H,23,25)(H,24,26)/t15-/m1/s1. The number of aromatic nitrogens is 1. The third kappa shape index (κ3) is 4.99. The van der Waals surface area contributed by atoms with E-state index < -0.39 is 0 Å². The summed E-state index contributed by atoms with van der Waals surface area (Å²) in [5.74, 6) is -0.623. The Kier molecular flexibility index (Phi) is 6.49. The molecule has 0 unspecified atom stereocenters. The quantitative estimate of drug-likeness (QED) is 0.483. The third-order valence-corrected chi connectivity index (χ3v) is 6.34. The van der Waals surface area contributed by atoms with Crippen LogP contribution in [0.15, 0.2) is 59.5 Å². The predicted octanol–water partition coefficient (Wildman–Crippen LogP) is 4.37. The highest BCUT2D eigenvalue weighted by Crippen LogP contribution is 2.27. The van der Waals surface area contributed by atoms with Gasteiger partial charge in [-0.3, -0.25) is 20.4 Å². The summed E-state index contributed by atoms with van der Waals surface area (Å²) in [6.45, 7) is 5.61. The number of hydrogen-bond donors (Lipinski definition) is 2. The van der Waals surface area contributed by atoms with Crippen molar-refractivity contribution in [3.63, 3.8) is 0 Å². The Morgan fingerprint density at radius 2 is 1.68 bits per heavy atom. The zero-order valence-electron chi connectivity index (χ0n) is 15.9. The van der Waals surface area contributed by atoms with Crippen LogP contribution in [0.5, 0.6) is 0 Å². The fraction of sp³-hybridized carbons (Fsp3) is 0.190. The van der Waals surface area contributed by atoms with Crippen molar-refractivity contribution in [2.75, 3.05) is 0 Å². The lowest BCUT2D eigenvalue weighted by Gasteiger charge is -2.12. The van der Waals surface area contributed by atoms with E-state index in [-0.39, 0.29) is 17.1 Å². The van der Waals surface area contributed by atoms with Gasteiger partial charge in [0.2, 0.25) is 0 Å². The fourth-order valence-electron chi connectivity index (χ4n) is 2.46. The van der Waals surface area contributed by atoms with Gasteiger partial charge in [0.15, 0.2) is 0 Å². The average molecular weight is 412 g/mol. The maximum Gasteiger partial charge on any atom is 0.281 e. The maximum atomic E-state index is 12.5. The van der Waals surface area contributed by atoms with Gasteiger partial charge in [-0.15, -0.1) is 23.1 Å². The van der Waals surface area contributed by atoms with Gasteiger partial charge in [0, 0.05) is 10.5 Å². The molecule has 7 heteroatoms. The van der Waals surface area contributed by atoms with Gasteiger partial charge >= 0.3 is 0 Å². The number of nitrogens with one attached hydrogen (secondary N) is 2. The highest BCUT2D eigenvalue weighted by molar-refractivity contribution is 8.00. The first-order valence-electron chi connectivity index (χ1n) is 8.80. The summed E-state index contributed by atoms with van der Waals surface area (Å²) >= 11 is 2.74. The average Bonchev–Trinajstić information content (AvgIpc) is 3.10. The molecule has 1 heterocycles. The lowest BCUT2D eigenvalue weighted by atomic mass is 10.2. The molecule has 144 valence electrons. The molecule has 0 spiro atoms. The topological polar surface area (TPSA) is 71.1 Å². The Morgan fingerprint density at radius 1 is 1.00 bits per heavy atom. The van der Waals surface area contributed by atoms with Crippen LogP contribution < -0.4 is 10.9 Å². The minimum atomic E-state index is -0.363. The second kappa shape index (κ2) is 9.03. The third-order valence-electron chi connectivity index (χ3n) is 4.03. The monoisotopic (exact) mass is 411 g/mol. The second-order valence-electron chi connectivity index (χ2n) is 6.32. The first kappa shape index (κ1) is 20.1. The number of amides is 2. The number of carbonyl (C=O) groups excluding carboxylic acids is 2. The van der Waals surface area contributed by atoms with Gasteiger partial charge in [-0.2, -0.15) is 0 Å². The largest absolute Gasteiger partial charge is 0.281 e. The van der Waals surface area contributed by atoms with Crippen molar-refractivity contribution in [2.24, 2.45) is 0 Å². The smallest absolute Gasteiger partial charge is 0.272 e. The van der Waals surface area contributed by atoms with Gasteiger partial charge in [0.05, 0.1) is 10.9 Å². The van der Waals surface area contributed by atoms with Crippen LogP contribution in [-0.2, 0) is 4.79 Å². The van der Waals surface area contributed by atoms with Gasteiger partial charge in [-0.05, 0) is 32.9 Å². The van der Waals surface area contributed by atoms with E-state index in [2.05, 4.69) is 15.8 Å². The zero-order chi connectivity index (χ0) is 20.1. The molecule has 2 amide bonds. The molecule has 0 aliphatic carbocycles. The Balaban J connectivity index is 1.58. The number of thioether (sulfide) groups is 1. The van der Waals surface area contributed by atoms with Gasteiger partial charge in [0.25, 0.3) is 11.8 Å². The number of aryl methyl sites for hydroxylation is 2. The fourth-order valence-corrected chi connectivity index (χ4v) is 4.30. The summed E-state index contributed by atoms with van der Waals surface area (Å²) in [5, 5.41) is 0.434. The van der Waals surface area contributed by atoms with Crippen molar-refractivity contribution < 1.29 is 9.59 Å². The van der Waals surface area contributed by atoms with E-state index >= 15 is 0 Å². The molecule has 1 atom stereocenters. The summed E-state index contributed by atoms with van der Waals surface area (Å²) in [5.41, 5.74) is 7.77. The molecule has 2 N–H and O–H groups in total. The molecule has 0 bridgehead atoms. The van der Waals surface area contributed by atoms with Gasteiger partial charge in [0.1, 0.15) is 9.88 Å². The van der Waals surface area contributed by atoms with E-state index in [1.165, 1.54) is 28.7 Å². The molecule has 5 nitrogen and oxygen atoms in total. The van der Waals surface area contributed by atoms with E-state index in [4.69, 9.17) is 0 Å². The number of carbonyl (C=O) groups is 2.